The lowest BCUT2D eigenvalue weighted by molar-refractivity contribution is -0.116. The fourth-order valence-electron chi connectivity index (χ4n) is 2.67. The summed E-state index contributed by atoms with van der Waals surface area (Å²) in [5.74, 6) is 1.74. The molecule has 0 saturated carbocycles. The molecule has 1 N–H and O–H groups in total. The van der Waals surface area contributed by atoms with Crippen LogP contribution in [-0.4, -0.2) is 44.7 Å². The van der Waals surface area contributed by atoms with Gasteiger partial charge in [-0.25, -0.2) is 0 Å². The van der Waals surface area contributed by atoms with Crippen LogP contribution in [0.5, 0.6) is 11.5 Å². The van der Waals surface area contributed by atoms with Crippen molar-refractivity contribution in [3.8, 4) is 11.5 Å². The molecule has 0 radical (unpaired) electrons. The molecular formula is C19H21ClN2O4. The van der Waals surface area contributed by atoms with Gasteiger partial charge in [0.15, 0.2) is 11.5 Å². The van der Waals surface area contributed by atoms with Gasteiger partial charge in [-0.1, -0.05) is 11.6 Å². The Balaban J connectivity index is 1.62. The third-order valence-corrected chi connectivity index (χ3v) is 4.29. The lowest BCUT2D eigenvalue weighted by Crippen LogP contribution is -2.33. The first kappa shape index (κ1) is 18.4. The summed E-state index contributed by atoms with van der Waals surface area (Å²) in [6.07, 6.45) is 4.78. The molecule has 3 rings (SSSR count). The quantitative estimate of drug-likeness (QED) is 0.785. The van der Waals surface area contributed by atoms with Crippen molar-refractivity contribution in [3.05, 3.63) is 53.0 Å². The highest BCUT2D eigenvalue weighted by molar-refractivity contribution is 6.32. The first-order chi connectivity index (χ1) is 12.5. The van der Waals surface area contributed by atoms with Gasteiger partial charge in [-0.05, 0) is 50.0 Å². The zero-order chi connectivity index (χ0) is 18.5. The van der Waals surface area contributed by atoms with Gasteiger partial charge < -0.3 is 19.2 Å². The van der Waals surface area contributed by atoms with E-state index in [9.17, 15) is 4.79 Å². The maximum Gasteiger partial charge on any atom is 0.244 e. The van der Waals surface area contributed by atoms with Gasteiger partial charge in [-0.3, -0.25) is 9.69 Å². The van der Waals surface area contributed by atoms with Crippen LogP contribution in [0.2, 0.25) is 5.02 Å². The molecule has 2 aromatic rings. The molecule has 6 nitrogen and oxygen atoms in total. The number of hydrogen-bond acceptors (Lipinski definition) is 5. The molecule has 0 spiro atoms. The number of carbonyl (C=O) groups is 1. The second-order valence-electron chi connectivity index (χ2n) is 6.10. The summed E-state index contributed by atoms with van der Waals surface area (Å²) in [6.45, 7) is 1.40. The number of rotatable bonds is 6. The van der Waals surface area contributed by atoms with E-state index in [0.29, 0.717) is 36.3 Å². The van der Waals surface area contributed by atoms with E-state index < -0.39 is 0 Å². The van der Waals surface area contributed by atoms with Crippen molar-refractivity contribution in [2.75, 3.05) is 33.9 Å². The highest BCUT2D eigenvalue weighted by Crippen LogP contribution is 2.38. The van der Waals surface area contributed by atoms with Crippen LogP contribution in [-0.2, 0) is 4.79 Å². The van der Waals surface area contributed by atoms with Crippen LogP contribution in [0.4, 0.5) is 0 Å². The van der Waals surface area contributed by atoms with Gasteiger partial charge in [0.25, 0.3) is 0 Å². The number of halogens is 1. The second-order valence-corrected chi connectivity index (χ2v) is 6.51. The van der Waals surface area contributed by atoms with E-state index >= 15 is 0 Å². The van der Waals surface area contributed by atoms with E-state index in [1.54, 1.807) is 24.5 Å². The maximum absolute atomic E-state index is 12.2. The number of hydrogen-bond donors (Lipinski definition) is 1. The molecule has 1 unspecified atom stereocenters. The van der Waals surface area contributed by atoms with Gasteiger partial charge in [-0.2, -0.15) is 0 Å². The summed E-state index contributed by atoms with van der Waals surface area (Å²) in [5.41, 5.74) is 0.768. The Bertz CT molecular complexity index is 787. The summed E-state index contributed by atoms with van der Waals surface area (Å²) in [4.78, 5) is 14.1. The number of furan rings is 1. The Morgan fingerprint density at radius 1 is 1.35 bits per heavy atom. The Morgan fingerprint density at radius 3 is 2.88 bits per heavy atom. The highest BCUT2D eigenvalue weighted by atomic mass is 35.5. The molecule has 138 valence electrons. The Kier molecular flexibility index (Phi) is 5.85. The lowest BCUT2D eigenvalue weighted by Gasteiger charge is -2.22. The number of nitrogens with one attached hydrogen (secondary N) is 1. The molecule has 1 aromatic heterocycles. The molecule has 0 saturated heterocycles. The minimum atomic E-state index is -0.200. The molecule has 2 heterocycles. The molecule has 7 heteroatoms. The van der Waals surface area contributed by atoms with Crippen LogP contribution in [0.1, 0.15) is 17.4 Å². The van der Waals surface area contributed by atoms with Crippen LogP contribution < -0.4 is 14.8 Å². The normalized spacial score (nSPS) is 14.6. The van der Waals surface area contributed by atoms with E-state index in [0.717, 1.165) is 11.3 Å². The van der Waals surface area contributed by atoms with Crippen LogP contribution in [0.15, 0.2) is 41.0 Å². The molecule has 1 aliphatic rings. The van der Waals surface area contributed by atoms with Gasteiger partial charge in [0, 0.05) is 12.6 Å². The topological polar surface area (TPSA) is 63.9 Å². The molecule has 1 aliphatic heterocycles. The van der Waals surface area contributed by atoms with E-state index in [1.165, 1.54) is 6.08 Å². The van der Waals surface area contributed by atoms with Crippen molar-refractivity contribution in [1.82, 2.24) is 10.2 Å². The summed E-state index contributed by atoms with van der Waals surface area (Å²) < 4.78 is 16.5. The Labute approximate surface area is 157 Å². The number of benzene rings is 1. The monoisotopic (exact) mass is 376 g/mol. The summed E-state index contributed by atoms with van der Waals surface area (Å²) in [6, 6.07) is 7.23. The molecular weight excluding hydrogens is 356 g/mol. The summed E-state index contributed by atoms with van der Waals surface area (Å²) in [5, 5.41) is 3.35. The minimum absolute atomic E-state index is 0.0360. The fraction of sp³-hybridized carbons (Fsp3) is 0.316. The van der Waals surface area contributed by atoms with Crippen molar-refractivity contribution in [3.63, 3.8) is 0 Å². The molecule has 0 fully saturated rings. The van der Waals surface area contributed by atoms with E-state index in [4.69, 9.17) is 25.5 Å². The number of fused-ring (bicyclic) bond motifs is 1. The van der Waals surface area contributed by atoms with Crippen LogP contribution in [0.3, 0.4) is 0 Å². The van der Waals surface area contributed by atoms with Crippen molar-refractivity contribution < 1.29 is 18.7 Å². The molecule has 1 aromatic carbocycles. The average Bonchev–Trinajstić information content (AvgIpc) is 3.14. The van der Waals surface area contributed by atoms with Crippen molar-refractivity contribution in [2.24, 2.45) is 0 Å². The van der Waals surface area contributed by atoms with Crippen LogP contribution in [0.25, 0.3) is 6.08 Å². The molecule has 1 atom stereocenters. The number of amides is 1. The molecule has 0 aliphatic carbocycles. The van der Waals surface area contributed by atoms with Crippen molar-refractivity contribution in [1.29, 1.82) is 0 Å². The zero-order valence-electron chi connectivity index (χ0n) is 14.7. The molecule has 0 bridgehead atoms. The third-order valence-electron chi connectivity index (χ3n) is 4.01. The van der Waals surface area contributed by atoms with E-state index in [-0.39, 0.29) is 11.9 Å². The van der Waals surface area contributed by atoms with Crippen molar-refractivity contribution in [2.45, 2.75) is 6.04 Å². The largest absolute Gasteiger partial charge is 0.486 e. The highest BCUT2D eigenvalue weighted by Gasteiger charge is 2.18. The molecule has 26 heavy (non-hydrogen) atoms. The van der Waals surface area contributed by atoms with Crippen LogP contribution >= 0.6 is 11.6 Å². The van der Waals surface area contributed by atoms with Gasteiger partial charge in [0.05, 0.1) is 17.3 Å². The third kappa shape index (κ3) is 4.39. The standard InChI is InChI=1S/C19H21ClN2O4/c1-22(2)15(16-4-3-7-24-16)12-21-18(23)6-5-13-10-14(20)19-17(11-13)25-8-9-26-19/h3-7,10-11,15H,8-9,12H2,1-2H3,(H,21,23). The van der Waals surface area contributed by atoms with Gasteiger partial charge in [0.1, 0.15) is 19.0 Å². The average molecular weight is 377 g/mol. The van der Waals surface area contributed by atoms with Gasteiger partial charge >= 0.3 is 0 Å². The Hall–Kier alpha value is -2.44. The predicted octanol–water partition coefficient (Wildman–Crippen LogP) is 3.14. The smallest absolute Gasteiger partial charge is 0.244 e. The van der Waals surface area contributed by atoms with Crippen molar-refractivity contribution >= 4 is 23.6 Å². The van der Waals surface area contributed by atoms with Gasteiger partial charge in [-0.15, -0.1) is 0 Å². The number of ether oxygens (including phenoxy) is 2. The van der Waals surface area contributed by atoms with E-state index in [1.807, 2.05) is 31.1 Å². The summed E-state index contributed by atoms with van der Waals surface area (Å²) in [7, 11) is 3.87. The fourth-order valence-corrected chi connectivity index (χ4v) is 2.95. The predicted molar refractivity (Wildman–Crippen MR) is 99.6 cm³/mol. The van der Waals surface area contributed by atoms with Crippen LogP contribution in [0, 0.1) is 0 Å². The second kappa shape index (κ2) is 8.29. The number of carbonyl (C=O) groups excluding carboxylic acids is 1. The van der Waals surface area contributed by atoms with Gasteiger partial charge in [0.2, 0.25) is 5.91 Å². The first-order valence-corrected chi connectivity index (χ1v) is 8.67. The molecule has 1 amide bonds. The lowest BCUT2D eigenvalue weighted by atomic mass is 10.1. The SMILES string of the molecule is CN(C)C(CNC(=O)C=Cc1cc(Cl)c2c(c1)OCCO2)c1ccco1. The summed E-state index contributed by atoms with van der Waals surface area (Å²) >= 11 is 6.20. The number of likely N-dealkylation sites (N-methyl/N-ethyl adjacent to an activating group) is 1. The maximum atomic E-state index is 12.2. The minimum Gasteiger partial charge on any atom is -0.486 e. The van der Waals surface area contributed by atoms with E-state index in [2.05, 4.69) is 5.32 Å². The zero-order valence-corrected chi connectivity index (χ0v) is 15.5. The first-order valence-electron chi connectivity index (χ1n) is 8.29. The number of nitrogens with zero attached hydrogens (tertiary/aromatic N) is 1. The Morgan fingerprint density at radius 2 is 2.15 bits per heavy atom.